The molecule has 0 fully saturated rings. The summed E-state index contributed by atoms with van der Waals surface area (Å²) in [5.74, 6) is 1.55. The Labute approximate surface area is 133 Å². The van der Waals surface area contributed by atoms with Crippen LogP contribution in [0.1, 0.15) is 0 Å². The van der Waals surface area contributed by atoms with E-state index in [4.69, 9.17) is 0 Å². The van der Waals surface area contributed by atoms with Crippen molar-refractivity contribution in [1.82, 2.24) is 19.5 Å². The number of rotatable bonds is 3. The van der Waals surface area contributed by atoms with Gasteiger partial charge in [-0.05, 0) is 47.5 Å². The topological polar surface area (TPSA) is 55.6 Å². The number of fused-ring (bicyclic) bond motifs is 1. The lowest BCUT2D eigenvalue weighted by Crippen LogP contribution is -1.95. The number of imidazole rings is 1. The maximum Gasteiger partial charge on any atom is 0.132 e. The Kier molecular flexibility index (Phi) is 3.24. The Balaban J connectivity index is 1.70. The average molecular weight is 301 g/mol. The second kappa shape index (κ2) is 5.53. The van der Waals surface area contributed by atoms with Gasteiger partial charge in [0.25, 0.3) is 0 Å². The minimum atomic E-state index is 0.770. The number of pyridine rings is 2. The molecule has 0 bridgehead atoms. The maximum atomic E-state index is 4.36. The number of hydrogen-bond acceptors (Lipinski definition) is 4. The van der Waals surface area contributed by atoms with E-state index in [1.165, 1.54) is 0 Å². The van der Waals surface area contributed by atoms with Crippen molar-refractivity contribution in [2.45, 2.75) is 0 Å². The van der Waals surface area contributed by atoms with Crippen molar-refractivity contribution < 1.29 is 0 Å². The molecule has 3 heterocycles. The van der Waals surface area contributed by atoms with E-state index < -0.39 is 0 Å². The molecule has 0 unspecified atom stereocenters. The zero-order valence-electron chi connectivity index (χ0n) is 12.6. The number of benzene rings is 1. The zero-order chi connectivity index (χ0) is 15.6. The number of nitrogens with one attached hydrogen (secondary N) is 1. The van der Waals surface area contributed by atoms with Crippen molar-refractivity contribution in [3.63, 3.8) is 0 Å². The van der Waals surface area contributed by atoms with Gasteiger partial charge >= 0.3 is 0 Å². The summed E-state index contributed by atoms with van der Waals surface area (Å²) in [6.45, 7) is 0. The first-order valence-electron chi connectivity index (χ1n) is 7.35. The molecule has 0 atom stereocenters. The summed E-state index contributed by atoms with van der Waals surface area (Å²) in [5.41, 5.74) is 4.34. The highest BCUT2D eigenvalue weighted by atomic mass is 15.0. The van der Waals surface area contributed by atoms with Gasteiger partial charge in [0.15, 0.2) is 0 Å². The van der Waals surface area contributed by atoms with Gasteiger partial charge in [0.1, 0.15) is 11.6 Å². The summed E-state index contributed by atoms with van der Waals surface area (Å²) >= 11 is 0. The van der Waals surface area contributed by atoms with Crippen LogP contribution in [0.2, 0.25) is 0 Å². The summed E-state index contributed by atoms with van der Waals surface area (Å²) in [6, 6.07) is 16.0. The molecule has 112 valence electrons. The third-order valence-electron chi connectivity index (χ3n) is 3.74. The fourth-order valence-electron chi connectivity index (χ4n) is 2.55. The summed E-state index contributed by atoms with van der Waals surface area (Å²) in [5, 5.41) is 3.22. The van der Waals surface area contributed by atoms with Crippen LogP contribution >= 0.6 is 0 Å². The molecule has 1 N–H and O–H groups in total. The SMILES string of the molecule is Cn1cnc2ccc(-c3ccnc(Nc4ccccn4)c3)cc21. The molecule has 0 amide bonds. The lowest BCUT2D eigenvalue weighted by molar-refractivity contribution is 0.948. The van der Waals surface area contributed by atoms with Crippen LogP contribution in [0, 0.1) is 0 Å². The van der Waals surface area contributed by atoms with Crippen molar-refractivity contribution in [1.29, 1.82) is 0 Å². The average Bonchev–Trinajstić information content (AvgIpc) is 2.97. The van der Waals surface area contributed by atoms with Crippen LogP contribution in [0.25, 0.3) is 22.2 Å². The first kappa shape index (κ1) is 13.5. The van der Waals surface area contributed by atoms with Gasteiger partial charge in [-0.15, -0.1) is 0 Å². The Morgan fingerprint density at radius 3 is 2.57 bits per heavy atom. The monoisotopic (exact) mass is 301 g/mol. The normalized spacial score (nSPS) is 10.8. The predicted octanol–water partition coefficient (Wildman–Crippen LogP) is 3.77. The highest BCUT2D eigenvalue weighted by molar-refractivity contribution is 5.82. The predicted molar refractivity (Wildman–Crippen MR) is 91.5 cm³/mol. The van der Waals surface area contributed by atoms with Crippen LogP contribution in [-0.2, 0) is 7.05 Å². The highest BCUT2D eigenvalue weighted by Crippen LogP contribution is 2.25. The van der Waals surface area contributed by atoms with E-state index in [2.05, 4.69) is 32.4 Å². The van der Waals surface area contributed by atoms with Gasteiger partial charge in [-0.3, -0.25) is 0 Å². The molecular formula is C18H15N5. The molecular weight excluding hydrogens is 286 g/mol. The zero-order valence-corrected chi connectivity index (χ0v) is 12.6. The molecule has 4 aromatic rings. The first-order chi connectivity index (χ1) is 11.3. The quantitative estimate of drug-likeness (QED) is 0.626. The van der Waals surface area contributed by atoms with Gasteiger partial charge in [0, 0.05) is 19.4 Å². The lowest BCUT2D eigenvalue weighted by Gasteiger charge is -2.07. The molecule has 0 saturated heterocycles. The fraction of sp³-hybridized carbons (Fsp3) is 0.0556. The molecule has 0 radical (unpaired) electrons. The second-order valence-electron chi connectivity index (χ2n) is 5.33. The number of hydrogen-bond donors (Lipinski definition) is 1. The van der Waals surface area contributed by atoms with Crippen LogP contribution in [0.3, 0.4) is 0 Å². The van der Waals surface area contributed by atoms with Gasteiger partial charge in [-0.1, -0.05) is 12.1 Å². The molecule has 1 aromatic carbocycles. The molecule has 0 aliphatic rings. The fourth-order valence-corrected chi connectivity index (χ4v) is 2.55. The molecule has 3 aromatic heterocycles. The minimum absolute atomic E-state index is 0.770. The molecule has 0 aliphatic carbocycles. The third kappa shape index (κ3) is 2.64. The van der Waals surface area contributed by atoms with Gasteiger partial charge in [0.2, 0.25) is 0 Å². The van der Waals surface area contributed by atoms with E-state index in [0.717, 1.165) is 33.8 Å². The number of aryl methyl sites for hydroxylation is 1. The standard InChI is InChI=1S/C18H15N5/c1-23-12-21-15-6-5-13(10-16(15)23)14-7-9-20-18(11-14)22-17-4-2-3-8-19-17/h2-12H,1H3,(H,19,20,22). The van der Waals surface area contributed by atoms with Crippen LogP contribution in [0.4, 0.5) is 11.6 Å². The molecule has 5 heteroatoms. The summed E-state index contributed by atoms with van der Waals surface area (Å²) < 4.78 is 2.02. The molecule has 0 aliphatic heterocycles. The van der Waals surface area contributed by atoms with Crippen LogP contribution in [0.15, 0.2) is 67.3 Å². The Morgan fingerprint density at radius 2 is 1.70 bits per heavy atom. The van der Waals surface area contributed by atoms with Gasteiger partial charge in [0.05, 0.1) is 17.4 Å². The van der Waals surface area contributed by atoms with Gasteiger partial charge in [-0.2, -0.15) is 0 Å². The number of anilines is 2. The van der Waals surface area contributed by atoms with E-state index in [9.17, 15) is 0 Å². The van der Waals surface area contributed by atoms with Crippen LogP contribution < -0.4 is 5.32 Å². The maximum absolute atomic E-state index is 4.36. The molecule has 0 spiro atoms. The molecule has 0 saturated carbocycles. The summed E-state index contributed by atoms with van der Waals surface area (Å²) in [6.07, 6.45) is 5.38. The van der Waals surface area contributed by atoms with Crippen molar-refractivity contribution >= 4 is 22.7 Å². The molecule has 23 heavy (non-hydrogen) atoms. The summed E-state index contributed by atoms with van der Waals surface area (Å²) in [7, 11) is 2.00. The van der Waals surface area contributed by atoms with Crippen molar-refractivity contribution in [2.24, 2.45) is 7.05 Å². The first-order valence-corrected chi connectivity index (χ1v) is 7.35. The van der Waals surface area contributed by atoms with E-state index in [-0.39, 0.29) is 0 Å². The van der Waals surface area contributed by atoms with E-state index >= 15 is 0 Å². The Hall–Kier alpha value is -3.21. The van der Waals surface area contributed by atoms with E-state index in [0.29, 0.717) is 0 Å². The van der Waals surface area contributed by atoms with Crippen LogP contribution in [-0.4, -0.2) is 19.5 Å². The van der Waals surface area contributed by atoms with E-state index in [1.54, 1.807) is 12.4 Å². The number of nitrogens with zero attached hydrogens (tertiary/aromatic N) is 4. The molecule has 5 nitrogen and oxygen atoms in total. The smallest absolute Gasteiger partial charge is 0.132 e. The minimum Gasteiger partial charge on any atom is -0.334 e. The second-order valence-corrected chi connectivity index (χ2v) is 5.33. The van der Waals surface area contributed by atoms with Crippen molar-refractivity contribution in [3.05, 3.63) is 67.3 Å². The van der Waals surface area contributed by atoms with E-state index in [1.807, 2.05) is 54.3 Å². The Bertz CT molecular complexity index is 959. The highest BCUT2D eigenvalue weighted by Gasteiger charge is 2.05. The number of aromatic nitrogens is 4. The van der Waals surface area contributed by atoms with Gasteiger partial charge in [-0.25, -0.2) is 15.0 Å². The van der Waals surface area contributed by atoms with Gasteiger partial charge < -0.3 is 9.88 Å². The summed E-state index contributed by atoms with van der Waals surface area (Å²) in [4.78, 5) is 13.0. The lowest BCUT2D eigenvalue weighted by atomic mass is 10.1. The van der Waals surface area contributed by atoms with Crippen molar-refractivity contribution in [2.75, 3.05) is 5.32 Å². The largest absolute Gasteiger partial charge is 0.334 e. The van der Waals surface area contributed by atoms with Crippen LogP contribution in [0.5, 0.6) is 0 Å². The molecule has 4 rings (SSSR count). The Morgan fingerprint density at radius 1 is 0.826 bits per heavy atom. The van der Waals surface area contributed by atoms with Crippen molar-refractivity contribution in [3.8, 4) is 11.1 Å². The third-order valence-corrected chi connectivity index (χ3v) is 3.74.